The van der Waals surface area contributed by atoms with Crippen molar-refractivity contribution in [1.29, 1.82) is 0 Å². The molecule has 1 rings (SSSR count). The monoisotopic (exact) mass is 146 g/mol. The molecule has 0 N–H and O–H groups in total. The van der Waals surface area contributed by atoms with Crippen molar-refractivity contribution in [1.82, 2.24) is 4.90 Å². The number of ether oxygens (including phenoxy) is 1. The Morgan fingerprint density at radius 1 is 1.33 bits per heavy atom. The first-order valence-electron chi connectivity index (χ1n) is 3.31. The maximum atomic E-state index is 5.17. The molecule has 0 amide bonds. The lowest BCUT2D eigenvalue weighted by molar-refractivity contribution is 0.0410. The molecular weight excluding hydrogens is 134 g/mol. The minimum absolute atomic E-state index is 0.847. The third kappa shape index (κ3) is 2.56. The van der Waals surface area contributed by atoms with E-state index in [1.54, 1.807) is 0 Å². The summed E-state index contributed by atoms with van der Waals surface area (Å²) in [6.45, 7) is 4.96. The molecule has 0 spiro atoms. The van der Waals surface area contributed by atoms with Gasteiger partial charge in [0.2, 0.25) is 0 Å². The molecule has 0 saturated carbocycles. The molecule has 0 unspecified atom stereocenters. The van der Waals surface area contributed by atoms with E-state index in [0.29, 0.717) is 0 Å². The summed E-state index contributed by atoms with van der Waals surface area (Å²) in [5.74, 6) is 0.847. The highest BCUT2D eigenvalue weighted by Crippen LogP contribution is 1.95. The Labute approximate surface area is 61.6 Å². The van der Waals surface area contributed by atoms with Crippen LogP contribution in [0.1, 0.15) is 0 Å². The summed E-state index contributed by atoms with van der Waals surface area (Å²) in [6, 6.07) is 0. The number of nitrogens with zero attached hydrogens (tertiary/aromatic N) is 1. The van der Waals surface area contributed by atoms with Crippen molar-refractivity contribution in [2.45, 2.75) is 0 Å². The maximum Gasteiger partial charge on any atom is 0.0594 e. The Kier molecular flexibility index (Phi) is 3.40. The van der Waals surface area contributed by atoms with Gasteiger partial charge in [0.15, 0.2) is 0 Å². The average Bonchev–Trinajstić information content (AvgIpc) is 1.91. The first-order chi connectivity index (χ1) is 4.43. The molecule has 0 atom stereocenters. The Hall–Kier alpha value is 0.270. The van der Waals surface area contributed by atoms with Crippen molar-refractivity contribution in [3.63, 3.8) is 0 Å². The maximum absolute atomic E-state index is 5.17. The van der Waals surface area contributed by atoms with Gasteiger partial charge < -0.3 is 4.74 Å². The van der Waals surface area contributed by atoms with E-state index in [0.717, 1.165) is 38.6 Å². The van der Waals surface area contributed by atoms with Gasteiger partial charge in [-0.1, -0.05) is 12.6 Å². The smallest absolute Gasteiger partial charge is 0.0594 e. The van der Waals surface area contributed by atoms with Gasteiger partial charge in [-0.05, 0) is 0 Å². The third-order valence-electron chi connectivity index (χ3n) is 1.51. The predicted octanol–water partition coefficient (Wildman–Crippen LogP) is 0.516. The molecule has 2 nitrogen and oxygen atoms in total. The van der Waals surface area contributed by atoms with E-state index in [1.165, 1.54) is 0 Å². The van der Waals surface area contributed by atoms with Crippen molar-refractivity contribution in [3.05, 3.63) is 0 Å². The van der Waals surface area contributed by atoms with Crippen molar-refractivity contribution < 1.29 is 4.74 Å². The van der Waals surface area contributed by atoms with E-state index in [2.05, 4.69) is 4.90 Å². The van der Waals surface area contributed by atoms with Crippen LogP contribution in [0, 0.1) is 0 Å². The molecule has 1 heterocycles. The molecule has 1 fully saturated rings. The van der Waals surface area contributed by atoms with Crippen LogP contribution >= 0.6 is 12.6 Å². The molecule has 1 aliphatic rings. The van der Waals surface area contributed by atoms with Crippen LogP contribution in [0.2, 0.25) is 0 Å². The highest BCUT2D eigenvalue weighted by molar-refractivity contribution is 7.80. The second-order valence-corrected chi connectivity index (χ2v) is 2.57. The van der Waals surface area contributed by atoms with Gasteiger partial charge in [0, 0.05) is 25.4 Å². The van der Waals surface area contributed by atoms with Crippen LogP contribution in [0.25, 0.3) is 0 Å². The summed E-state index contributed by atoms with van der Waals surface area (Å²) in [4.78, 5) is 2.34. The Balaban J connectivity index is 2.08. The Bertz CT molecular complexity index is 70.7. The Morgan fingerprint density at radius 3 is 2.56 bits per heavy atom. The Morgan fingerprint density at radius 2 is 2.00 bits per heavy atom. The van der Waals surface area contributed by atoms with Gasteiger partial charge in [0.25, 0.3) is 0 Å². The topological polar surface area (TPSA) is 12.5 Å². The highest BCUT2D eigenvalue weighted by Gasteiger charge is 2.07. The summed E-state index contributed by atoms with van der Waals surface area (Å²) in [6.07, 6.45) is 0. The van der Waals surface area contributed by atoms with Crippen LogP contribution < -0.4 is 0 Å². The average molecular weight is 146 g/mol. The standard InChI is InChI=1S/C6H12NOS/c9-6-3-7-1-4-8-5-2-7/h1-6H2. The predicted molar refractivity (Wildman–Crippen MR) is 39.7 cm³/mol. The van der Waals surface area contributed by atoms with Crippen molar-refractivity contribution >= 4 is 12.6 Å². The van der Waals surface area contributed by atoms with Crippen molar-refractivity contribution in [2.75, 3.05) is 38.6 Å². The lowest BCUT2D eigenvalue weighted by atomic mass is 10.4. The number of rotatable bonds is 2. The summed E-state index contributed by atoms with van der Waals surface area (Å²) in [5, 5.41) is 0. The van der Waals surface area contributed by atoms with E-state index in [-0.39, 0.29) is 0 Å². The van der Waals surface area contributed by atoms with Gasteiger partial charge in [-0.2, -0.15) is 0 Å². The van der Waals surface area contributed by atoms with Gasteiger partial charge in [-0.3, -0.25) is 4.90 Å². The van der Waals surface area contributed by atoms with Gasteiger partial charge in [0.1, 0.15) is 0 Å². The largest absolute Gasteiger partial charge is 0.379 e. The van der Waals surface area contributed by atoms with Crippen LogP contribution in [0.4, 0.5) is 0 Å². The minimum atomic E-state index is 0.847. The molecule has 53 valence electrons. The van der Waals surface area contributed by atoms with E-state index < -0.39 is 0 Å². The zero-order valence-electron chi connectivity index (χ0n) is 5.51. The van der Waals surface area contributed by atoms with E-state index in [9.17, 15) is 0 Å². The molecule has 0 bridgehead atoms. The van der Waals surface area contributed by atoms with E-state index in [4.69, 9.17) is 17.4 Å². The second kappa shape index (κ2) is 4.14. The molecule has 1 aliphatic heterocycles. The van der Waals surface area contributed by atoms with Gasteiger partial charge in [-0.25, -0.2) is 0 Å². The molecule has 0 aromatic heterocycles. The first kappa shape index (κ1) is 7.38. The summed E-state index contributed by atoms with van der Waals surface area (Å²) in [7, 11) is 0. The SMILES string of the molecule is [S]CCN1CCOCC1. The first-order valence-corrected chi connectivity index (χ1v) is 3.89. The second-order valence-electron chi connectivity index (χ2n) is 2.16. The van der Waals surface area contributed by atoms with Crippen LogP contribution in [-0.4, -0.2) is 43.5 Å². The molecule has 1 saturated heterocycles. The fourth-order valence-corrected chi connectivity index (χ4v) is 1.21. The normalized spacial score (nSPS) is 22.3. The van der Waals surface area contributed by atoms with Crippen LogP contribution in [0.15, 0.2) is 0 Å². The van der Waals surface area contributed by atoms with Gasteiger partial charge in [-0.15, -0.1) is 0 Å². The van der Waals surface area contributed by atoms with Crippen LogP contribution in [-0.2, 0) is 4.74 Å². The van der Waals surface area contributed by atoms with Crippen LogP contribution in [0.5, 0.6) is 0 Å². The summed E-state index contributed by atoms with van der Waals surface area (Å²) < 4.78 is 5.17. The van der Waals surface area contributed by atoms with Crippen molar-refractivity contribution in [3.8, 4) is 0 Å². The highest BCUT2D eigenvalue weighted by atomic mass is 32.1. The fraction of sp³-hybridized carbons (Fsp3) is 1.00. The third-order valence-corrected chi connectivity index (χ3v) is 1.69. The van der Waals surface area contributed by atoms with Crippen molar-refractivity contribution in [2.24, 2.45) is 0 Å². The number of hydrogen-bond donors (Lipinski definition) is 0. The quantitative estimate of drug-likeness (QED) is 0.563. The molecule has 0 aliphatic carbocycles. The van der Waals surface area contributed by atoms with E-state index in [1.807, 2.05) is 0 Å². The lowest BCUT2D eigenvalue weighted by Crippen LogP contribution is -2.37. The van der Waals surface area contributed by atoms with Gasteiger partial charge in [0.05, 0.1) is 13.2 Å². The summed E-state index contributed by atoms with van der Waals surface area (Å²) >= 11 is 4.85. The number of morpholine rings is 1. The van der Waals surface area contributed by atoms with E-state index >= 15 is 0 Å². The van der Waals surface area contributed by atoms with Gasteiger partial charge >= 0.3 is 0 Å². The zero-order valence-corrected chi connectivity index (χ0v) is 6.32. The molecular formula is C6H12NOS. The molecule has 9 heavy (non-hydrogen) atoms. The number of hydrogen-bond acceptors (Lipinski definition) is 2. The molecule has 1 radical (unpaired) electrons. The molecule has 0 aromatic carbocycles. The zero-order chi connectivity index (χ0) is 6.53. The summed E-state index contributed by atoms with van der Waals surface area (Å²) in [5.41, 5.74) is 0. The molecule has 3 heteroatoms. The molecule has 0 aromatic rings. The minimum Gasteiger partial charge on any atom is -0.379 e. The lowest BCUT2D eigenvalue weighted by Gasteiger charge is -2.25. The fourth-order valence-electron chi connectivity index (χ4n) is 0.954. The van der Waals surface area contributed by atoms with Crippen LogP contribution in [0.3, 0.4) is 0 Å².